The van der Waals surface area contributed by atoms with Crippen molar-refractivity contribution in [3.8, 4) is 0 Å². The Balaban J connectivity index is 1.91. The third kappa shape index (κ3) is 2.72. The Morgan fingerprint density at radius 1 is 1.38 bits per heavy atom. The molecular formula is C11H20N4O. The summed E-state index contributed by atoms with van der Waals surface area (Å²) in [5.41, 5.74) is 5.43. The highest BCUT2D eigenvalue weighted by Gasteiger charge is 2.22. The normalized spacial score (nSPS) is 25.6. The maximum atomic E-state index is 5.46. The first-order chi connectivity index (χ1) is 7.79. The van der Waals surface area contributed by atoms with Crippen LogP contribution in [-0.2, 0) is 6.42 Å². The van der Waals surface area contributed by atoms with E-state index in [0.29, 0.717) is 36.8 Å². The van der Waals surface area contributed by atoms with Crippen molar-refractivity contribution in [1.82, 2.24) is 10.2 Å². The van der Waals surface area contributed by atoms with Crippen LogP contribution in [0.15, 0.2) is 4.42 Å². The van der Waals surface area contributed by atoms with Crippen LogP contribution >= 0.6 is 0 Å². The first kappa shape index (κ1) is 11.4. The minimum absolute atomic E-state index is 0.472. The molecule has 3 N–H and O–H groups in total. The second kappa shape index (κ2) is 5.30. The van der Waals surface area contributed by atoms with Crippen LogP contribution in [0.25, 0.3) is 0 Å². The summed E-state index contributed by atoms with van der Waals surface area (Å²) in [6.07, 6.45) is 5.74. The van der Waals surface area contributed by atoms with Crippen LogP contribution in [0.4, 0.5) is 6.01 Å². The lowest BCUT2D eigenvalue weighted by Crippen LogP contribution is -2.30. The fourth-order valence-electron chi connectivity index (χ4n) is 2.23. The summed E-state index contributed by atoms with van der Waals surface area (Å²) in [5, 5.41) is 11.2. The maximum Gasteiger partial charge on any atom is 0.315 e. The predicted molar refractivity (Wildman–Crippen MR) is 62.1 cm³/mol. The fraction of sp³-hybridized carbons (Fsp3) is 0.818. The summed E-state index contributed by atoms with van der Waals surface area (Å²) in [6, 6.07) is 1.02. The molecule has 1 aromatic heterocycles. The highest BCUT2D eigenvalue weighted by atomic mass is 16.4. The van der Waals surface area contributed by atoms with E-state index in [-0.39, 0.29) is 0 Å². The zero-order valence-electron chi connectivity index (χ0n) is 9.78. The molecule has 16 heavy (non-hydrogen) atoms. The van der Waals surface area contributed by atoms with Gasteiger partial charge in [0, 0.05) is 19.0 Å². The molecule has 0 aliphatic heterocycles. The second-order valence-electron chi connectivity index (χ2n) is 4.55. The number of anilines is 1. The standard InChI is InChI=1S/C11H20N4O/c1-8-4-2-3-5-9(8)13-11-15-14-10(16-11)6-7-12/h8-9H,2-7,12H2,1H3,(H,13,15). The van der Waals surface area contributed by atoms with Crippen molar-refractivity contribution >= 4 is 6.01 Å². The summed E-state index contributed by atoms with van der Waals surface area (Å²) in [7, 11) is 0. The van der Waals surface area contributed by atoms with Crippen molar-refractivity contribution in [3.63, 3.8) is 0 Å². The van der Waals surface area contributed by atoms with Gasteiger partial charge < -0.3 is 15.5 Å². The SMILES string of the molecule is CC1CCCCC1Nc1nnc(CCN)o1. The van der Waals surface area contributed by atoms with Gasteiger partial charge in [-0.25, -0.2) is 0 Å². The van der Waals surface area contributed by atoms with Gasteiger partial charge in [0.05, 0.1) is 0 Å². The molecule has 2 rings (SSSR count). The van der Waals surface area contributed by atoms with Crippen molar-refractivity contribution in [3.05, 3.63) is 5.89 Å². The predicted octanol–water partition coefficient (Wildman–Crippen LogP) is 1.56. The van der Waals surface area contributed by atoms with E-state index in [1.165, 1.54) is 25.7 Å². The number of nitrogens with one attached hydrogen (secondary N) is 1. The Labute approximate surface area is 95.8 Å². The van der Waals surface area contributed by atoms with Crippen molar-refractivity contribution in [2.24, 2.45) is 11.7 Å². The minimum atomic E-state index is 0.472. The van der Waals surface area contributed by atoms with Crippen LogP contribution in [0.2, 0.25) is 0 Å². The second-order valence-corrected chi connectivity index (χ2v) is 4.55. The molecule has 1 fully saturated rings. The lowest BCUT2D eigenvalue weighted by Gasteiger charge is -2.28. The third-order valence-corrected chi connectivity index (χ3v) is 3.25. The van der Waals surface area contributed by atoms with E-state index in [0.717, 1.165) is 0 Å². The van der Waals surface area contributed by atoms with Crippen molar-refractivity contribution < 1.29 is 4.42 Å². The van der Waals surface area contributed by atoms with Crippen LogP contribution in [0, 0.1) is 5.92 Å². The summed E-state index contributed by atoms with van der Waals surface area (Å²) in [4.78, 5) is 0. The van der Waals surface area contributed by atoms with E-state index in [1.807, 2.05) is 0 Å². The quantitative estimate of drug-likeness (QED) is 0.811. The molecule has 1 aromatic rings. The van der Waals surface area contributed by atoms with Crippen LogP contribution in [0.3, 0.4) is 0 Å². The van der Waals surface area contributed by atoms with Gasteiger partial charge in [-0.2, -0.15) is 0 Å². The average Bonchev–Trinajstić information content (AvgIpc) is 2.70. The number of nitrogens with zero attached hydrogens (tertiary/aromatic N) is 2. The van der Waals surface area contributed by atoms with Gasteiger partial charge in [-0.15, -0.1) is 5.10 Å². The van der Waals surface area contributed by atoms with Crippen molar-refractivity contribution in [2.75, 3.05) is 11.9 Å². The van der Waals surface area contributed by atoms with E-state index < -0.39 is 0 Å². The summed E-state index contributed by atoms with van der Waals surface area (Å²) in [6.45, 7) is 2.81. The molecule has 1 aliphatic rings. The Hall–Kier alpha value is -1.10. The molecule has 0 bridgehead atoms. The first-order valence-corrected chi connectivity index (χ1v) is 6.08. The molecule has 2 atom stereocenters. The Morgan fingerprint density at radius 2 is 2.19 bits per heavy atom. The topological polar surface area (TPSA) is 77.0 Å². The average molecular weight is 224 g/mol. The molecule has 0 spiro atoms. The van der Waals surface area contributed by atoms with E-state index >= 15 is 0 Å². The van der Waals surface area contributed by atoms with Gasteiger partial charge in [0.2, 0.25) is 5.89 Å². The molecule has 0 amide bonds. The maximum absolute atomic E-state index is 5.46. The highest BCUT2D eigenvalue weighted by Crippen LogP contribution is 2.26. The zero-order valence-corrected chi connectivity index (χ0v) is 9.78. The minimum Gasteiger partial charge on any atom is -0.408 e. The van der Waals surface area contributed by atoms with Crippen LogP contribution in [0.5, 0.6) is 0 Å². The number of aromatic nitrogens is 2. The molecule has 5 heteroatoms. The molecule has 1 saturated carbocycles. The summed E-state index contributed by atoms with van der Waals surface area (Å²) < 4.78 is 5.46. The van der Waals surface area contributed by atoms with Gasteiger partial charge in [0.25, 0.3) is 0 Å². The molecule has 5 nitrogen and oxygen atoms in total. The summed E-state index contributed by atoms with van der Waals surface area (Å²) in [5.74, 6) is 1.30. The van der Waals surface area contributed by atoms with Gasteiger partial charge in [-0.1, -0.05) is 24.9 Å². The van der Waals surface area contributed by atoms with Gasteiger partial charge in [0.15, 0.2) is 0 Å². The van der Waals surface area contributed by atoms with E-state index in [9.17, 15) is 0 Å². The lowest BCUT2D eigenvalue weighted by atomic mass is 9.86. The van der Waals surface area contributed by atoms with Crippen LogP contribution < -0.4 is 11.1 Å². The van der Waals surface area contributed by atoms with Crippen molar-refractivity contribution in [2.45, 2.75) is 45.1 Å². The third-order valence-electron chi connectivity index (χ3n) is 3.25. The lowest BCUT2D eigenvalue weighted by molar-refractivity contribution is 0.342. The van der Waals surface area contributed by atoms with E-state index in [4.69, 9.17) is 10.2 Å². The number of hydrogen-bond acceptors (Lipinski definition) is 5. The molecule has 0 aromatic carbocycles. The smallest absolute Gasteiger partial charge is 0.315 e. The Bertz CT molecular complexity index is 326. The van der Waals surface area contributed by atoms with Crippen LogP contribution in [-0.4, -0.2) is 22.8 Å². The monoisotopic (exact) mass is 224 g/mol. The van der Waals surface area contributed by atoms with E-state index in [1.54, 1.807) is 0 Å². The van der Waals surface area contributed by atoms with E-state index in [2.05, 4.69) is 22.4 Å². The Morgan fingerprint density at radius 3 is 2.94 bits per heavy atom. The number of rotatable bonds is 4. The van der Waals surface area contributed by atoms with Gasteiger partial charge in [-0.05, 0) is 18.8 Å². The fourth-order valence-corrected chi connectivity index (χ4v) is 2.23. The van der Waals surface area contributed by atoms with Crippen molar-refractivity contribution in [1.29, 1.82) is 0 Å². The van der Waals surface area contributed by atoms with Gasteiger partial charge >= 0.3 is 6.01 Å². The number of nitrogens with two attached hydrogens (primary N) is 1. The zero-order chi connectivity index (χ0) is 11.4. The molecule has 1 aliphatic carbocycles. The highest BCUT2D eigenvalue weighted by molar-refractivity contribution is 5.20. The summed E-state index contributed by atoms with van der Waals surface area (Å²) >= 11 is 0. The van der Waals surface area contributed by atoms with Gasteiger partial charge in [-0.3, -0.25) is 0 Å². The molecule has 0 saturated heterocycles. The largest absolute Gasteiger partial charge is 0.408 e. The molecule has 2 unspecified atom stereocenters. The molecule has 90 valence electrons. The Kier molecular flexibility index (Phi) is 3.77. The first-order valence-electron chi connectivity index (χ1n) is 6.08. The van der Waals surface area contributed by atoms with Crippen LogP contribution in [0.1, 0.15) is 38.5 Å². The molecule has 0 radical (unpaired) electrons. The molecular weight excluding hydrogens is 204 g/mol. The van der Waals surface area contributed by atoms with Gasteiger partial charge in [0.1, 0.15) is 0 Å². The number of hydrogen-bond donors (Lipinski definition) is 2. The molecule has 1 heterocycles.